The van der Waals surface area contributed by atoms with Crippen molar-refractivity contribution in [3.63, 3.8) is 0 Å². The monoisotopic (exact) mass is 322 g/mol. The molecule has 1 unspecified atom stereocenters. The third kappa shape index (κ3) is 2.84. The highest BCUT2D eigenvalue weighted by atomic mass is 16.5. The predicted molar refractivity (Wildman–Crippen MR) is 81.9 cm³/mol. The van der Waals surface area contributed by atoms with Gasteiger partial charge >= 0.3 is 12.0 Å². The summed E-state index contributed by atoms with van der Waals surface area (Å²) in [6.07, 6.45) is -1.11. The van der Waals surface area contributed by atoms with Gasteiger partial charge in [0.25, 0.3) is 5.56 Å². The molecule has 0 spiro atoms. The Morgan fingerprint density at radius 3 is 2.70 bits per heavy atom. The van der Waals surface area contributed by atoms with E-state index in [1.165, 1.54) is 18.5 Å². The molecule has 10 heteroatoms. The average Bonchev–Trinajstić information content (AvgIpc) is 2.97. The van der Waals surface area contributed by atoms with E-state index < -0.39 is 12.1 Å². The highest BCUT2D eigenvalue weighted by Gasteiger charge is 2.21. The lowest BCUT2D eigenvalue weighted by Gasteiger charge is -2.26. The fraction of sp³-hybridized carbons (Fsp3) is 0.538. The van der Waals surface area contributed by atoms with E-state index in [2.05, 4.69) is 20.3 Å². The fourth-order valence-corrected chi connectivity index (χ4v) is 2.34. The summed E-state index contributed by atoms with van der Waals surface area (Å²) in [4.78, 5) is 36.8. The minimum atomic E-state index is -1.14. The van der Waals surface area contributed by atoms with Gasteiger partial charge in [-0.25, -0.2) is 4.79 Å². The minimum absolute atomic E-state index is 0.0734. The lowest BCUT2D eigenvalue weighted by Crippen LogP contribution is -2.44. The number of nitrogens with one attached hydrogen (secondary N) is 2. The van der Waals surface area contributed by atoms with Crippen LogP contribution in [-0.2, 0) is 11.8 Å². The molecule has 3 rings (SSSR count). The van der Waals surface area contributed by atoms with Crippen molar-refractivity contribution in [2.75, 3.05) is 31.1 Å². The number of carboxylic acids is 1. The minimum Gasteiger partial charge on any atom is -0.479 e. The van der Waals surface area contributed by atoms with Gasteiger partial charge in [0, 0.05) is 33.2 Å². The van der Waals surface area contributed by atoms with E-state index in [-0.39, 0.29) is 22.7 Å². The number of H-pyrrole nitrogens is 1. The van der Waals surface area contributed by atoms with Gasteiger partial charge in [0.1, 0.15) is 0 Å². The van der Waals surface area contributed by atoms with Crippen LogP contribution in [0, 0.1) is 0 Å². The summed E-state index contributed by atoms with van der Waals surface area (Å²) in [5.74, 6) is -0.558. The highest BCUT2D eigenvalue weighted by molar-refractivity contribution is 5.74. The maximum Gasteiger partial charge on any atom is 0.344 e. The second kappa shape index (κ2) is 5.88. The van der Waals surface area contributed by atoms with Crippen molar-refractivity contribution in [3.8, 4) is 6.01 Å². The molecule has 124 valence electrons. The third-order valence-corrected chi connectivity index (χ3v) is 3.73. The molecule has 2 aromatic heterocycles. The standard InChI is InChI=1S/C13H18N6O4/c1-7(11(21)22)23-13-17-9-8(10(20)18(13)2)15-12(16-9)19-5-3-14-4-6-19/h7,14H,3-6H2,1-2H3,(H,15,16)(H,21,22). The number of aromatic nitrogens is 4. The Kier molecular flexibility index (Phi) is 3.90. The van der Waals surface area contributed by atoms with Crippen molar-refractivity contribution in [2.45, 2.75) is 13.0 Å². The van der Waals surface area contributed by atoms with Gasteiger partial charge in [-0.05, 0) is 6.92 Å². The van der Waals surface area contributed by atoms with Crippen molar-refractivity contribution in [1.82, 2.24) is 24.8 Å². The van der Waals surface area contributed by atoms with Crippen LogP contribution in [0.3, 0.4) is 0 Å². The number of aliphatic carboxylic acids is 1. The molecule has 1 saturated heterocycles. The Bertz CT molecular complexity index is 792. The van der Waals surface area contributed by atoms with Crippen LogP contribution in [0.5, 0.6) is 6.01 Å². The molecule has 1 aliphatic heterocycles. The summed E-state index contributed by atoms with van der Waals surface area (Å²) in [7, 11) is 1.48. The molecule has 1 atom stereocenters. The number of hydrogen-bond acceptors (Lipinski definition) is 7. The van der Waals surface area contributed by atoms with Crippen LogP contribution in [0.25, 0.3) is 11.2 Å². The number of nitrogens with zero attached hydrogens (tertiary/aromatic N) is 4. The highest BCUT2D eigenvalue weighted by Crippen LogP contribution is 2.16. The van der Waals surface area contributed by atoms with Crippen LogP contribution in [0.4, 0.5) is 5.95 Å². The van der Waals surface area contributed by atoms with E-state index in [1.54, 1.807) is 0 Å². The van der Waals surface area contributed by atoms with Gasteiger partial charge in [-0.2, -0.15) is 9.97 Å². The lowest BCUT2D eigenvalue weighted by molar-refractivity contribution is -0.144. The maximum atomic E-state index is 12.4. The van der Waals surface area contributed by atoms with Crippen molar-refractivity contribution >= 4 is 23.1 Å². The van der Waals surface area contributed by atoms with Crippen LogP contribution in [0.15, 0.2) is 4.79 Å². The summed E-state index contributed by atoms with van der Waals surface area (Å²) >= 11 is 0. The van der Waals surface area contributed by atoms with Crippen molar-refractivity contribution in [1.29, 1.82) is 0 Å². The number of carbonyl (C=O) groups is 1. The number of anilines is 1. The van der Waals surface area contributed by atoms with Crippen LogP contribution in [-0.4, -0.2) is 62.9 Å². The number of fused-ring (bicyclic) bond motifs is 1. The molecular formula is C13H18N6O4. The molecule has 0 radical (unpaired) electrons. The van der Waals surface area contributed by atoms with E-state index in [4.69, 9.17) is 9.84 Å². The number of aromatic amines is 1. The van der Waals surface area contributed by atoms with Gasteiger partial charge in [0.05, 0.1) is 0 Å². The third-order valence-electron chi connectivity index (χ3n) is 3.73. The second-order valence-corrected chi connectivity index (χ2v) is 5.35. The smallest absolute Gasteiger partial charge is 0.344 e. The first-order valence-corrected chi connectivity index (χ1v) is 7.29. The van der Waals surface area contributed by atoms with Gasteiger partial charge in [-0.3, -0.25) is 9.36 Å². The Hall–Kier alpha value is -2.62. The molecule has 1 aliphatic rings. The summed E-state index contributed by atoms with van der Waals surface area (Å²) < 4.78 is 6.39. The number of imidazole rings is 1. The molecule has 0 amide bonds. The van der Waals surface area contributed by atoms with Crippen LogP contribution < -0.4 is 20.5 Å². The van der Waals surface area contributed by atoms with Crippen LogP contribution in [0.1, 0.15) is 6.92 Å². The first kappa shape index (κ1) is 15.3. The SMILES string of the molecule is CC(Oc1nc2nc(N3CCNCC3)[nH]c2c(=O)n1C)C(=O)O. The summed E-state index contributed by atoms with van der Waals surface area (Å²) in [5, 5.41) is 12.2. The summed E-state index contributed by atoms with van der Waals surface area (Å²) in [6, 6.07) is -0.0734. The topological polar surface area (TPSA) is 125 Å². The molecule has 3 N–H and O–H groups in total. The molecule has 0 bridgehead atoms. The zero-order valence-corrected chi connectivity index (χ0v) is 12.9. The Morgan fingerprint density at radius 1 is 1.35 bits per heavy atom. The maximum absolute atomic E-state index is 12.4. The average molecular weight is 322 g/mol. The fourth-order valence-electron chi connectivity index (χ4n) is 2.34. The van der Waals surface area contributed by atoms with Crippen molar-refractivity contribution in [3.05, 3.63) is 10.4 Å². The van der Waals surface area contributed by atoms with E-state index in [0.717, 1.165) is 26.2 Å². The number of piperazine rings is 1. The molecular weight excluding hydrogens is 304 g/mol. The number of rotatable bonds is 4. The first-order valence-electron chi connectivity index (χ1n) is 7.29. The largest absolute Gasteiger partial charge is 0.479 e. The zero-order valence-electron chi connectivity index (χ0n) is 12.9. The van der Waals surface area contributed by atoms with E-state index >= 15 is 0 Å². The Balaban J connectivity index is 2.00. The molecule has 1 fully saturated rings. The number of carboxylic acid groups (broad SMARTS) is 1. The molecule has 0 aliphatic carbocycles. The Labute approximate surface area is 131 Å². The van der Waals surface area contributed by atoms with Crippen molar-refractivity contribution in [2.24, 2.45) is 7.05 Å². The number of hydrogen-bond donors (Lipinski definition) is 3. The van der Waals surface area contributed by atoms with Gasteiger partial charge in [0.2, 0.25) is 5.95 Å². The zero-order chi connectivity index (χ0) is 16.6. The molecule has 3 heterocycles. The molecule has 23 heavy (non-hydrogen) atoms. The Morgan fingerprint density at radius 2 is 2.04 bits per heavy atom. The van der Waals surface area contributed by atoms with Crippen LogP contribution >= 0.6 is 0 Å². The van der Waals surface area contributed by atoms with E-state index in [1.807, 2.05) is 4.90 Å². The molecule has 2 aromatic rings. The summed E-state index contributed by atoms with van der Waals surface area (Å²) in [5.41, 5.74) is 0.127. The van der Waals surface area contributed by atoms with E-state index in [0.29, 0.717) is 5.95 Å². The summed E-state index contributed by atoms with van der Waals surface area (Å²) in [6.45, 7) is 4.61. The quantitative estimate of drug-likeness (QED) is 0.649. The van der Waals surface area contributed by atoms with Gasteiger partial charge in [-0.15, -0.1) is 0 Å². The van der Waals surface area contributed by atoms with Gasteiger partial charge < -0.3 is 25.0 Å². The van der Waals surface area contributed by atoms with Gasteiger partial charge in [-0.1, -0.05) is 0 Å². The van der Waals surface area contributed by atoms with E-state index in [9.17, 15) is 9.59 Å². The normalized spacial score (nSPS) is 16.5. The van der Waals surface area contributed by atoms with Gasteiger partial charge in [0.15, 0.2) is 17.3 Å². The van der Waals surface area contributed by atoms with Crippen LogP contribution in [0.2, 0.25) is 0 Å². The lowest BCUT2D eigenvalue weighted by atomic mass is 10.4. The second-order valence-electron chi connectivity index (χ2n) is 5.35. The molecule has 10 nitrogen and oxygen atoms in total. The molecule has 0 saturated carbocycles. The number of ether oxygens (including phenoxy) is 1. The molecule has 0 aromatic carbocycles. The predicted octanol–water partition coefficient (Wildman–Crippen LogP) is -1.08. The first-order chi connectivity index (χ1) is 11.0. The van der Waals surface area contributed by atoms with Crippen molar-refractivity contribution < 1.29 is 14.6 Å².